The Morgan fingerprint density at radius 2 is 1.62 bits per heavy atom. The Morgan fingerprint density at radius 3 is 2.17 bits per heavy atom. The molecule has 14 heteroatoms. The molecule has 1 aliphatic rings. The number of alkyl halides is 6. The molecule has 1 unspecified atom stereocenters. The van der Waals surface area contributed by atoms with Gasteiger partial charge in [0.1, 0.15) is 12.4 Å². The van der Waals surface area contributed by atoms with E-state index in [4.69, 9.17) is 9.47 Å². The van der Waals surface area contributed by atoms with Crippen LogP contribution in [0.1, 0.15) is 47.0 Å². The quantitative estimate of drug-likeness (QED) is 0.282. The largest absolute Gasteiger partial charge is 0.416 e. The first-order chi connectivity index (χ1) is 18.6. The number of morpholine rings is 1. The Kier molecular flexibility index (Phi) is 8.28. The van der Waals surface area contributed by atoms with Crippen LogP contribution >= 0.6 is 0 Å². The van der Waals surface area contributed by atoms with E-state index in [9.17, 15) is 30.7 Å². The Hall–Kier alpha value is -3.07. The summed E-state index contributed by atoms with van der Waals surface area (Å²) >= 11 is 0. The van der Waals surface area contributed by atoms with Crippen LogP contribution in [0.15, 0.2) is 42.5 Å². The van der Waals surface area contributed by atoms with Gasteiger partial charge in [-0.2, -0.15) is 36.7 Å². The molecule has 1 fully saturated rings. The molecule has 3 aromatic rings. The van der Waals surface area contributed by atoms with E-state index in [1.165, 1.54) is 31.2 Å². The Labute approximate surface area is 226 Å². The maximum absolute atomic E-state index is 13.8. The standard InChI is InChI=1S/C26H29F7N5O2/c1-15(17-11-18(25(28,29)30)13-19(12-17)26(31,32)33)40-24-22(16-5-7-20(27)8-6-16)38(4,9-10-39-24)23-21(14-37(2)3)34-36-35-23/h5-8,11-13,15,22,24H,9-10,14H2,1-4H3,(H,34,35,36)/q+1/t15-,22+,24-,38?/m1/s1. The minimum absolute atomic E-state index is 0.0685. The second kappa shape index (κ2) is 11.1. The average Bonchev–Trinajstić information content (AvgIpc) is 3.32. The van der Waals surface area contributed by atoms with Crippen molar-refractivity contribution in [1.29, 1.82) is 0 Å². The highest BCUT2D eigenvalue weighted by atomic mass is 19.4. The molecule has 0 aliphatic carbocycles. The molecule has 0 amide bonds. The fourth-order valence-corrected chi connectivity index (χ4v) is 4.91. The molecule has 1 aliphatic heterocycles. The van der Waals surface area contributed by atoms with Gasteiger partial charge in [-0.15, -0.1) is 0 Å². The number of benzene rings is 2. The Morgan fingerprint density at radius 1 is 1.02 bits per heavy atom. The van der Waals surface area contributed by atoms with Crippen LogP contribution in [-0.4, -0.2) is 60.9 Å². The normalized spacial score (nSPS) is 23.0. The van der Waals surface area contributed by atoms with Crippen LogP contribution in [0.2, 0.25) is 0 Å². The zero-order valence-electron chi connectivity index (χ0n) is 22.1. The van der Waals surface area contributed by atoms with Crippen LogP contribution in [0.4, 0.5) is 36.6 Å². The number of hydrogen-bond donors (Lipinski definition) is 1. The van der Waals surface area contributed by atoms with E-state index < -0.39 is 47.7 Å². The van der Waals surface area contributed by atoms with Gasteiger partial charge in [-0.05, 0) is 69.0 Å². The highest BCUT2D eigenvalue weighted by Gasteiger charge is 2.50. The summed E-state index contributed by atoms with van der Waals surface area (Å²) in [6, 6.07) is 6.18. The topological polar surface area (TPSA) is 63.3 Å². The summed E-state index contributed by atoms with van der Waals surface area (Å²) in [6.07, 6.45) is -12.4. The number of halogens is 7. The first kappa shape index (κ1) is 29.9. The van der Waals surface area contributed by atoms with Gasteiger partial charge in [-0.3, -0.25) is 4.48 Å². The van der Waals surface area contributed by atoms with Gasteiger partial charge in [0.2, 0.25) is 6.29 Å². The van der Waals surface area contributed by atoms with Crippen LogP contribution in [0, 0.1) is 5.82 Å². The number of H-pyrrole nitrogens is 1. The van der Waals surface area contributed by atoms with Gasteiger partial charge in [0.25, 0.3) is 5.82 Å². The molecule has 7 nitrogen and oxygen atoms in total. The fourth-order valence-electron chi connectivity index (χ4n) is 4.91. The van der Waals surface area contributed by atoms with Crippen molar-refractivity contribution in [2.75, 3.05) is 34.3 Å². The molecule has 0 saturated carbocycles. The lowest BCUT2D eigenvalue weighted by molar-refractivity contribution is -0.224. The number of aromatic nitrogens is 3. The van der Waals surface area contributed by atoms with Crippen molar-refractivity contribution in [2.45, 2.75) is 44.3 Å². The predicted molar refractivity (Wildman–Crippen MR) is 131 cm³/mol. The zero-order chi connectivity index (χ0) is 29.5. The number of ether oxygens (including phenoxy) is 2. The Balaban J connectivity index is 1.76. The first-order valence-corrected chi connectivity index (χ1v) is 12.3. The molecule has 4 atom stereocenters. The molecular weight excluding hydrogens is 547 g/mol. The maximum atomic E-state index is 13.8. The zero-order valence-corrected chi connectivity index (χ0v) is 22.1. The lowest BCUT2D eigenvalue weighted by Gasteiger charge is -2.46. The summed E-state index contributed by atoms with van der Waals surface area (Å²) < 4.78 is 107. The molecule has 2 heterocycles. The van der Waals surface area contributed by atoms with E-state index in [1.54, 1.807) is 0 Å². The number of nitrogens with zero attached hydrogens (tertiary/aromatic N) is 4. The van der Waals surface area contributed by atoms with Crippen molar-refractivity contribution < 1.29 is 40.2 Å². The van der Waals surface area contributed by atoms with E-state index in [-0.39, 0.29) is 22.7 Å². The van der Waals surface area contributed by atoms with E-state index in [0.717, 1.165) is 0 Å². The molecule has 0 radical (unpaired) electrons. The molecule has 1 aromatic heterocycles. The van der Waals surface area contributed by atoms with Crippen molar-refractivity contribution in [3.05, 3.63) is 76.2 Å². The van der Waals surface area contributed by atoms with Gasteiger partial charge in [0.05, 0.1) is 30.9 Å². The highest BCUT2D eigenvalue weighted by molar-refractivity contribution is 5.42. The summed E-state index contributed by atoms with van der Waals surface area (Å²) in [4.78, 5) is 1.89. The van der Waals surface area contributed by atoms with Crippen LogP contribution in [0.3, 0.4) is 0 Å². The second-order valence-electron chi connectivity index (χ2n) is 10.2. The lowest BCUT2D eigenvalue weighted by Crippen LogP contribution is -2.60. The van der Waals surface area contributed by atoms with E-state index >= 15 is 0 Å². The summed E-state index contributed by atoms with van der Waals surface area (Å²) in [6.45, 7) is 2.30. The third-order valence-electron chi connectivity index (χ3n) is 6.89. The molecule has 0 spiro atoms. The Bertz CT molecular complexity index is 1280. The van der Waals surface area contributed by atoms with Crippen molar-refractivity contribution in [2.24, 2.45) is 0 Å². The summed E-state index contributed by atoms with van der Waals surface area (Å²) in [5, 5.41) is 11.3. The van der Waals surface area contributed by atoms with Crippen molar-refractivity contribution >= 4 is 5.82 Å². The third-order valence-corrected chi connectivity index (χ3v) is 6.89. The number of aromatic amines is 1. The molecule has 40 heavy (non-hydrogen) atoms. The van der Waals surface area contributed by atoms with E-state index in [1.807, 2.05) is 26.0 Å². The number of likely N-dealkylation sites (N-methyl/N-ethyl adjacent to an activating group) is 1. The number of quaternary nitrogens is 1. The molecule has 218 valence electrons. The van der Waals surface area contributed by atoms with Crippen molar-refractivity contribution in [3.8, 4) is 0 Å². The van der Waals surface area contributed by atoms with Gasteiger partial charge in [-0.25, -0.2) is 4.39 Å². The summed E-state index contributed by atoms with van der Waals surface area (Å²) in [5.41, 5.74) is -2.01. The molecule has 1 N–H and O–H groups in total. The van der Waals surface area contributed by atoms with Gasteiger partial charge in [-0.1, -0.05) is 5.10 Å². The van der Waals surface area contributed by atoms with Gasteiger partial charge in [0.15, 0.2) is 11.7 Å². The minimum Gasteiger partial charge on any atom is -0.341 e. The van der Waals surface area contributed by atoms with Gasteiger partial charge < -0.3 is 14.4 Å². The van der Waals surface area contributed by atoms with Gasteiger partial charge >= 0.3 is 12.4 Å². The van der Waals surface area contributed by atoms with E-state index in [0.29, 0.717) is 42.3 Å². The smallest absolute Gasteiger partial charge is 0.341 e. The lowest BCUT2D eigenvalue weighted by atomic mass is 9.99. The van der Waals surface area contributed by atoms with Gasteiger partial charge in [0, 0.05) is 12.1 Å². The monoisotopic (exact) mass is 576 g/mol. The van der Waals surface area contributed by atoms with Crippen molar-refractivity contribution in [1.82, 2.24) is 24.8 Å². The van der Waals surface area contributed by atoms with Crippen LogP contribution in [0.5, 0.6) is 0 Å². The minimum atomic E-state index is -5.00. The summed E-state index contributed by atoms with van der Waals surface area (Å²) in [7, 11) is 5.56. The predicted octanol–water partition coefficient (Wildman–Crippen LogP) is 5.86. The molecule has 0 bridgehead atoms. The first-order valence-electron chi connectivity index (χ1n) is 12.3. The average molecular weight is 577 g/mol. The number of hydrogen-bond acceptors (Lipinski definition) is 5. The molecule has 4 rings (SSSR count). The fraction of sp³-hybridized carbons (Fsp3) is 0.462. The second-order valence-corrected chi connectivity index (χ2v) is 10.2. The number of rotatable bonds is 7. The molecule has 2 aromatic carbocycles. The summed E-state index contributed by atoms with van der Waals surface area (Å²) in [5.74, 6) is 0.0601. The molecular formula is C26H29F7N5O2+. The van der Waals surface area contributed by atoms with Crippen LogP contribution in [-0.2, 0) is 28.4 Å². The SMILES string of the molecule is C[C@@H](O[C@H]1OCC[N+](C)(c2n[nH]nc2CN(C)C)[C@H]1c1ccc(F)cc1)c1cc(C(F)(F)F)cc(C(F)(F)F)c1. The number of nitrogens with one attached hydrogen (secondary N) is 1. The van der Waals surface area contributed by atoms with Crippen LogP contribution in [0.25, 0.3) is 0 Å². The maximum Gasteiger partial charge on any atom is 0.416 e. The highest BCUT2D eigenvalue weighted by Crippen LogP contribution is 2.43. The third kappa shape index (κ3) is 6.29. The molecule has 1 saturated heterocycles. The van der Waals surface area contributed by atoms with E-state index in [2.05, 4.69) is 15.4 Å². The van der Waals surface area contributed by atoms with Crippen LogP contribution < -0.4 is 4.48 Å². The van der Waals surface area contributed by atoms with Crippen molar-refractivity contribution in [3.63, 3.8) is 0 Å².